The predicted octanol–water partition coefficient (Wildman–Crippen LogP) is -0.270. The highest BCUT2D eigenvalue weighted by Crippen LogP contribution is 1.72. The average Bonchev–Trinajstić information content (AvgIpc) is 1.68. The van der Waals surface area contributed by atoms with Crippen LogP contribution in [-0.4, -0.2) is 7.05 Å². The van der Waals surface area contributed by atoms with E-state index in [9.17, 15) is 4.91 Å². The van der Waals surface area contributed by atoms with Crippen LogP contribution in [0.4, 0.5) is 0 Å². The van der Waals surface area contributed by atoms with Gasteiger partial charge >= 0.3 is 0 Å². The van der Waals surface area contributed by atoms with Crippen molar-refractivity contribution >= 4 is 0 Å². The van der Waals surface area contributed by atoms with Gasteiger partial charge in [-0.3, -0.25) is 0 Å². The van der Waals surface area contributed by atoms with Crippen LogP contribution in [0, 0.1) is 4.91 Å². The van der Waals surface area contributed by atoms with Gasteiger partial charge < -0.3 is 11.1 Å². The van der Waals surface area contributed by atoms with Crippen LogP contribution in [0.1, 0.15) is 0 Å². The molecule has 4 nitrogen and oxygen atoms in total. The number of nitrogens with two attached hydrogens (primary N) is 1. The number of rotatable bonds is 2. The van der Waals surface area contributed by atoms with E-state index in [0.717, 1.165) is 6.20 Å². The Hall–Kier alpha value is -1.06. The van der Waals surface area contributed by atoms with Crippen LogP contribution >= 0.6 is 0 Å². The number of hydrogen-bond acceptors (Lipinski definition) is 4. The summed E-state index contributed by atoms with van der Waals surface area (Å²) in [7, 11) is 1.61. The molecule has 0 radical (unpaired) electrons. The molecular weight excluding hydrogens is 94.1 g/mol. The maximum atomic E-state index is 9.33. The third-order valence-electron chi connectivity index (χ3n) is 0.480. The lowest BCUT2D eigenvalue weighted by Gasteiger charge is -1.90. The summed E-state index contributed by atoms with van der Waals surface area (Å²) in [5.74, 6) is 0.273. The van der Waals surface area contributed by atoms with Crippen LogP contribution in [0.15, 0.2) is 17.2 Å². The van der Waals surface area contributed by atoms with Gasteiger partial charge in [-0.2, -0.15) is 0 Å². The van der Waals surface area contributed by atoms with E-state index in [0.29, 0.717) is 0 Å². The van der Waals surface area contributed by atoms with Crippen LogP contribution in [0.2, 0.25) is 0 Å². The first-order chi connectivity index (χ1) is 3.31. The second kappa shape index (κ2) is 3.14. The second-order valence-electron chi connectivity index (χ2n) is 0.940. The van der Waals surface area contributed by atoms with Crippen molar-refractivity contribution in [3.63, 3.8) is 0 Å². The van der Waals surface area contributed by atoms with Gasteiger partial charge in [0.1, 0.15) is 12.0 Å². The Morgan fingerprint density at radius 2 is 2.57 bits per heavy atom. The van der Waals surface area contributed by atoms with Crippen LogP contribution in [0.25, 0.3) is 0 Å². The lowest BCUT2D eigenvalue weighted by molar-refractivity contribution is 0.956. The van der Waals surface area contributed by atoms with Crippen molar-refractivity contribution in [2.24, 2.45) is 10.9 Å². The van der Waals surface area contributed by atoms with Crippen molar-refractivity contribution in [2.45, 2.75) is 0 Å². The summed E-state index contributed by atoms with van der Waals surface area (Å²) in [5, 5.41) is 4.92. The minimum Gasteiger partial charge on any atom is -0.384 e. The van der Waals surface area contributed by atoms with Crippen molar-refractivity contribution < 1.29 is 0 Å². The fraction of sp³-hybridized carbons (Fsp3) is 0.333. The molecule has 0 aromatic carbocycles. The first-order valence-electron chi connectivity index (χ1n) is 1.77. The van der Waals surface area contributed by atoms with E-state index in [1.54, 1.807) is 7.05 Å². The molecule has 0 aliphatic carbocycles. The van der Waals surface area contributed by atoms with Gasteiger partial charge in [-0.25, -0.2) is 0 Å². The third kappa shape index (κ3) is 2.75. The first kappa shape index (κ1) is 5.94. The summed E-state index contributed by atoms with van der Waals surface area (Å²) in [6.45, 7) is 0. The molecule has 0 rings (SSSR count). The number of nitroso groups, excluding NO2 is 1. The van der Waals surface area contributed by atoms with Crippen LogP contribution < -0.4 is 11.1 Å². The molecule has 0 aromatic rings. The summed E-state index contributed by atoms with van der Waals surface area (Å²) in [4.78, 5) is 9.33. The molecule has 0 bridgehead atoms. The van der Waals surface area contributed by atoms with Crippen molar-refractivity contribution in [1.29, 1.82) is 0 Å². The van der Waals surface area contributed by atoms with Gasteiger partial charge in [-0.1, -0.05) is 0 Å². The van der Waals surface area contributed by atoms with Crippen LogP contribution in [0.3, 0.4) is 0 Å². The summed E-state index contributed by atoms with van der Waals surface area (Å²) in [6, 6.07) is 0. The molecule has 0 aromatic heterocycles. The first-order valence-corrected chi connectivity index (χ1v) is 1.77. The zero-order chi connectivity index (χ0) is 5.70. The summed E-state index contributed by atoms with van der Waals surface area (Å²) >= 11 is 0. The summed E-state index contributed by atoms with van der Waals surface area (Å²) < 4.78 is 0. The second-order valence-corrected chi connectivity index (χ2v) is 0.940. The van der Waals surface area contributed by atoms with Gasteiger partial charge in [-0.05, 0) is 5.18 Å². The van der Waals surface area contributed by atoms with Gasteiger partial charge in [0.15, 0.2) is 0 Å². The zero-order valence-electron chi connectivity index (χ0n) is 4.01. The van der Waals surface area contributed by atoms with E-state index in [1.165, 1.54) is 0 Å². The molecule has 7 heavy (non-hydrogen) atoms. The molecule has 0 atom stereocenters. The van der Waals surface area contributed by atoms with Gasteiger partial charge in [-0.15, -0.1) is 4.91 Å². The average molecular weight is 101 g/mol. The Bertz CT molecular complexity index is 88.2. The SMILES string of the molecule is CN/C(N)=C/N=O. The Morgan fingerprint density at radius 1 is 2.00 bits per heavy atom. The van der Waals surface area contributed by atoms with Crippen molar-refractivity contribution in [3.05, 3.63) is 16.9 Å². The smallest absolute Gasteiger partial charge is 0.118 e. The Morgan fingerprint density at radius 3 is 2.71 bits per heavy atom. The van der Waals surface area contributed by atoms with E-state index in [4.69, 9.17) is 5.73 Å². The Balaban J connectivity index is 3.49. The molecule has 40 valence electrons. The molecule has 0 fully saturated rings. The number of nitrogens with one attached hydrogen (secondary N) is 1. The minimum absolute atomic E-state index is 0.273. The van der Waals surface area contributed by atoms with Crippen molar-refractivity contribution in [3.8, 4) is 0 Å². The third-order valence-corrected chi connectivity index (χ3v) is 0.480. The molecule has 0 spiro atoms. The molecule has 4 heteroatoms. The standard InChI is InChI=1S/C3H7N3O/c1-5-3(4)2-6-7/h2,5H,4H2,1H3/b3-2+. The Kier molecular flexibility index (Phi) is 2.67. The maximum Gasteiger partial charge on any atom is 0.118 e. The van der Waals surface area contributed by atoms with Gasteiger partial charge in [0.05, 0.1) is 0 Å². The molecule has 3 N–H and O–H groups in total. The molecule has 0 saturated carbocycles. The van der Waals surface area contributed by atoms with E-state index < -0.39 is 0 Å². The van der Waals surface area contributed by atoms with E-state index in [2.05, 4.69) is 10.5 Å². The fourth-order valence-corrected chi connectivity index (χ4v) is 0.121. The summed E-state index contributed by atoms with van der Waals surface area (Å²) in [5.41, 5.74) is 5.04. The highest BCUT2D eigenvalue weighted by molar-refractivity contribution is 4.89. The largest absolute Gasteiger partial charge is 0.384 e. The van der Waals surface area contributed by atoms with Gasteiger partial charge in [0, 0.05) is 7.05 Å². The van der Waals surface area contributed by atoms with Crippen LogP contribution in [0.5, 0.6) is 0 Å². The molecule has 0 amide bonds. The predicted molar refractivity (Wildman–Crippen MR) is 27.1 cm³/mol. The van der Waals surface area contributed by atoms with Gasteiger partial charge in [0.2, 0.25) is 0 Å². The normalized spacial score (nSPS) is 10.7. The summed E-state index contributed by atoms with van der Waals surface area (Å²) in [6.07, 6.45) is 1.00. The Labute approximate surface area is 41.4 Å². The molecule has 0 aliphatic rings. The van der Waals surface area contributed by atoms with Crippen molar-refractivity contribution in [2.75, 3.05) is 7.05 Å². The van der Waals surface area contributed by atoms with Crippen LogP contribution in [-0.2, 0) is 0 Å². The molecule has 0 heterocycles. The lowest BCUT2D eigenvalue weighted by atomic mass is 10.8. The van der Waals surface area contributed by atoms with E-state index in [1.807, 2.05) is 0 Å². The molecule has 0 unspecified atom stereocenters. The van der Waals surface area contributed by atoms with Crippen molar-refractivity contribution in [1.82, 2.24) is 5.32 Å². The van der Waals surface area contributed by atoms with Gasteiger partial charge in [0.25, 0.3) is 0 Å². The number of hydrogen-bond donors (Lipinski definition) is 2. The van der Waals surface area contributed by atoms with E-state index >= 15 is 0 Å². The molecular formula is C3H7N3O. The highest BCUT2D eigenvalue weighted by atomic mass is 16.2. The molecule has 0 aliphatic heterocycles. The highest BCUT2D eigenvalue weighted by Gasteiger charge is 1.75. The zero-order valence-corrected chi connectivity index (χ0v) is 4.01. The quantitative estimate of drug-likeness (QED) is 0.470. The maximum absolute atomic E-state index is 9.33. The van der Waals surface area contributed by atoms with E-state index in [-0.39, 0.29) is 5.82 Å². The number of nitrogens with zero attached hydrogens (tertiary/aromatic N) is 1. The lowest BCUT2D eigenvalue weighted by Crippen LogP contribution is -2.13. The minimum atomic E-state index is 0.273. The topological polar surface area (TPSA) is 67.5 Å². The monoisotopic (exact) mass is 101 g/mol. The fourth-order valence-electron chi connectivity index (χ4n) is 0.121. The molecule has 0 saturated heterocycles.